The van der Waals surface area contributed by atoms with Crippen LogP contribution in [0.3, 0.4) is 0 Å². The second-order valence-electron chi connectivity index (χ2n) is 4.86. The van der Waals surface area contributed by atoms with Crippen molar-refractivity contribution in [2.75, 3.05) is 6.54 Å². The Balaban J connectivity index is 1.59. The Morgan fingerprint density at radius 2 is 2.00 bits per heavy atom. The summed E-state index contributed by atoms with van der Waals surface area (Å²) in [6.45, 7) is 0.385. The quantitative estimate of drug-likeness (QED) is 0.598. The van der Waals surface area contributed by atoms with Gasteiger partial charge in [0.2, 0.25) is 11.8 Å². The standard InChI is InChI=1S/C11H19N3O2/c12-11(5-1-6-11)10(16)13-7-4-9(15)14-8-2-3-8/h8H,1-7,12H2,(H,13,16)(H,14,15). The lowest BCUT2D eigenvalue weighted by Crippen LogP contribution is -2.58. The van der Waals surface area contributed by atoms with Crippen molar-refractivity contribution >= 4 is 11.8 Å². The molecule has 0 aromatic rings. The zero-order valence-electron chi connectivity index (χ0n) is 9.42. The number of nitrogens with one attached hydrogen (secondary N) is 2. The Labute approximate surface area is 95.1 Å². The van der Waals surface area contributed by atoms with Crippen molar-refractivity contribution in [3.8, 4) is 0 Å². The summed E-state index contributed by atoms with van der Waals surface area (Å²) in [7, 11) is 0. The van der Waals surface area contributed by atoms with Crippen LogP contribution in [0.1, 0.15) is 38.5 Å². The molecule has 0 radical (unpaired) electrons. The zero-order valence-corrected chi connectivity index (χ0v) is 9.42. The van der Waals surface area contributed by atoms with E-state index in [9.17, 15) is 9.59 Å². The minimum atomic E-state index is -0.660. The van der Waals surface area contributed by atoms with E-state index >= 15 is 0 Å². The summed E-state index contributed by atoms with van der Waals surface area (Å²) in [6.07, 6.45) is 5.05. The van der Waals surface area contributed by atoms with Gasteiger partial charge in [0, 0.05) is 19.0 Å². The molecule has 0 aromatic carbocycles. The maximum absolute atomic E-state index is 11.6. The van der Waals surface area contributed by atoms with Crippen molar-refractivity contribution < 1.29 is 9.59 Å². The number of nitrogens with two attached hydrogens (primary N) is 1. The molecule has 0 saturated heterocycles. The Morgan fingerprint density at radius 3 is 2.50 bits per heavy atom. The molecule has 5 heteroatoms. The van der Waals surface area contributed by atoms with Crippen LogP contribution in [0.15, 0.2) is 0 Å². The highest BCUT2D eigenvalue weighted by atomic mass is 16.2. The third-order valence-electron chi connectivity index (χ3n) is 3.28. The van der Waals surface area contributed by atoms with Crippen molar-refractivity contribution in [1.82, 2.24) is 10.6 Å². The monoisotopic (exact) mass is 225 g/mol. The summed E-state index contributed by atoms with van der Waals surface area (Å²) < 4.78 is 0. The molecule has 2 rings (SSSR count). The van der Waals surface area contributed by atoms with Gasteiger partial charge in [-0.1, -0.05) is 0 Å². The Bertz CT molecular complexity index is 296. The smallest absolute Gasteiger partial charge is 0.240 e. The zero-order chi connectivity index (χ0) is 11.6. The van der Waals surface area contributed by atoms with Crippen LogP contribution in [-0.4, -0.2) is 29.9 Å². The van der Waals surface area contributed by atoms with E-state index in [1.165, 1.54) is 0 Å². The van der Waals surface area contributed by atoms with Crippen LogP contribution in [0.25, 0.3) is 0 Å². The van der Waals surface area contributed by atoms with E-state index in [4.69, 9.17) is 5.73 Å². The molecule has 0 spiro atoms. The fourth-order valence-corrected chi connectivity index (χ4v) is 1.78. The summed E-state index contributed by atoms with van der Waals surface area (Å²) in [5.41, 5.74) is 5.18. The van der Waals surface area contributed by atoms with Gasteiger partial charge in [-0.25, -0.2) is 0 Å². The van der Waals surface area contributed by atoms with Crippen LogP contribution in [0.4, 0.5) is 0 Å². The predicted octanol–water partition coefficient (Wildman–Crippen LogP) is -0.347. The molecular weight excluding hydrogens is 206 g/mol. The largest absolute Gasteiger partial charge is 0.354 e. The van der Waals surface area contributed by atoms with E-state index in [1.54, 1.807) is 0 Å². The molecule has 0 aromatic heterocycles. The van der Waals surface area contributed by atoms with Crippen LogP contribution in [0.2, 0.25) is 0 Å². The molecule has 4 N–H and O–H groups in total. The Kier molecular flexibility index (Phi) is 3.14. The molecule has 2 aliphatic carbocycles. The van der Waals surface area contributed by atoms with E-state index in [0.29, 0.717) is 19.0 Å². The molecule has 0 heterocycles. The fourth-order valence-electron chi connectivity index (χ4n) is 1.78. The third kappa shape index (κ3) is 2.72. The minimum absolute atomic E-state index is 0.0162. The average Bonchev–Trinajstić information content (AvgIpc) is 2.97. The summed E-state index contributed by atoms with van der Waals surface area (Å²) in [4.78, 5) is 22.9. The molecule has 90 valence electrons. The summed E-state index contributed by atoms with van der Waals surface area (Å²) in [5.74, 6) is -0.0968. The van der Waals surface area contributed by atoms with Gasteiger partial charge in [-0.2, -0.15) is 0 Å². The van der Waals surface area contributed by atoms with Crippen molar-refractivity contribution in [2.45, 2.75) is 50.1 Å². The van der Waals surface area contributed by atoms with Crippen LogP contribution in [0.5, 0.6) is 0 Å². The number of hydrogen-bond acceptors (Lipinski definition) is 3. The van der Waals surface area contributed by atoms with Gasteiger partial charge in [0.05, 0.1) is 5.54 Å². The molecule has 0 bridgehead atoms. The molecule has 16 heavy (non-hydrogen) atoms. The minimum Gasteiger partial charge on any atom is -0.354 e. The number of amides is 2. The van der Waals surface area contributed by atoms with Gasteiger partial charge in [-0.15, -0.1) is 0 Å². The third-order valence-corrected chi connectivity index (χ3v) is 3.28. The summed E-state index contributed by atoms with van der Waals surface area (Å²) in [6, 6.07) is 0.385. The SMILES string of the molecule is NC1(C(=O)NCCC(=O)NC2CC2)CCC1. The van der Waals surface area contributed by atoms with Gasteiger partial charge in [0.25, 0.3) is 0 Å². The molecule has 2 fully saturated rings. The molecule has 0 aliphatic heterocycles. The van der Waals surface area contributed by atoms with E-state index in [2.05, 4.69) is 10.6 Å². The topological polar surface area (TPSA) is 84.2 Å². The lowest BCUT2D eigenvalue weighted by Gasteiger charge is -2.36. The highest BCUT2D eigenvalue weighted by Gasteiger charge is 2.39. The van der Waals surface area contributed by atoms with Crippen molar-refractivity contribution in [2.24, 2.45) is 5.73 Å². The van der Waals surface area contributed by atoms with Gasteiger partial charge < -0.3 is 16.4 Å². The molecule has 5 nitrogen and oxygen atoms in total. The molecule has 0 unspecified atom stereocenters. The van der Waals surface area contributed by atoms with Crippen molar-refractivity contribution in [3.63, 3.8) is 0 Å². The van der Waals surface area contributed by atoms with Crippen molar-refractivity contribution in [3.05, 3.63) is 0 Å². The summed E-state index contributed by atoms with van der Waals surface area (Å²) >= 11 is 0. The highest BCUT2D eigenvalue weighted by Crippen LogP contribution is 2.28. The molecular formula is C11H19N3O2. The van der Waals surface area contributed by atoms with Crippen LogP contribution < -0.4 is 16.4 Å². The Hall–Kier alpha value is -1.10. The number of carbonyl (C=O) groups is 2. The normalized spacial score (nSPS) is 22.1. The molecule has 2 aliphatic rings. The second kappa shape index (κ2) is 4.41. The van der Waals surface area contributed by atoms with E-state index in [0.717, 1.165) is 32.1 Å². The number of carbonyl (C=O) groups excluding carboxylic acids is 2. The van der Waals surface area contributed by atoms with Crippen LogP contribution in [0, 0.1) is 0 Å². The first kappa shape index (κ1) is 11.4. The fraction of sp³-hybridized carbons (Fsp3) is 0.818. The van der Waals surface area contributed by atoms with Crippen LogP contribution in [-0.2, 0) is 9.59 Å². The maximum atomic E-state index is 11.6. The van der Waals surface area contributed by atoms with Gasteiger partial charge in [0.15, 0.2) is 0 Å². The Morgan fingerprint density at radius 1 is 1.31 bits per heavy atom. The number of hydrogen-bond donors (Lipinski definition) is 3. The first-order chi connectivity index (χ1) is 7.60. The second-order valence-corrected chi connectivity index (χ2v) is 4.86. The van der Waals surface area contributed by atoms with Crippen molar-refractivity contribution in [1.29, 1.82) is 0 Å². The van der Waals surface area contributed by atoms with E-state index in [-0.39, 0.29) is 11.8 Å². The van der Waals surface area contributed by atoms with Gasteiger partial charge in [-0.3, -0.25) is 9.59 Å². The van der Waals surface area contributed by atoms with Gasteiger partial charge in [-0.05, 0) is 32.1 Å². The highest BCUT2D eigenvalue weighted by molar-refractivity contribution is 5.87. The molecule has 2 amide bonds. The maximum Gasteiger partial charge on any atom is 0.240 e. The van der Waals surface area contributed by atoms with Gasteiger partial charge >= 0.3 is 0 Å². The predicted molar refractivity (Wildman–Crippen MR) is 59.6 cm³/mol. The van der Waals surface area contributed by atoms with E-state index < -0.39 is 5.54 Å². The van der Waals surface area contributed by atoms with E-state index in [1.807, 2.05) is 0 Å². The summed E-state index contributed by atoms with van der Waals surface area (Å²) in [5, 5.41) is 5.60. The van der Waals surface area contributed by atoms with Gasteiger partial charge in [0.1, 0.15) is 0 Å². The first-order valence-electron chi connectivity index (χ1n) is 5.97. The average molecular weight is 225 g/mol. The molecule has 2 saturated carbocycles. The lowest BCUT2D eigenvalue weighted by atomic mass is 9.77. The number of rotatable bonds is 5. The lowest BCUT2D eigenvalue weighted by molar-refractivity contribution is -0.129. The molecule has 0 atom stereocenters. The first-order valence-corrected chi connectivity index (χ1v) is 5.97. The van der Waals surface area contributed by atoms with Crippen LogP contribution >= 0.6 is 0 Å².